The molecule has 0 aromatic heterocycles. The average Bonchev–Trinajstić information content (AvgIpc) is 2.33. The lowest BCUT2D eigenvalue weighted by molar-refractivity contribution is 0.0976. The lowest BCUT2D eigenvalue weighted by Crippen LogP contribution is -2.49. The summed E-state index contributed by atoms with van der Waals surface area (Å²) in [7, 11) is 0. The van der Waals surface area contributed by atoms with E-state index in [1.165, 1.54) is 45.6 Å². The minimum Gasteiger partial charge on any atom is -0.395 e. The Kier molecular flexibility index (Phi) is 5.03. The highest BCUT2D eigenvalue weighted by atomic mass is 16.3. The number of rotatable bonds is 4. The fraction of sp³-hybridized carbons (Fsp3) is 1.00. The Balaban J connectivity index is 1.64. The molecule has 4 nitrogen and oxygen atoms in total. The Labute approximate surface area is 98.6 Å². The van der Waals surface area contributed by atoms with E-state index in [1.54, 1.807) is 0 Å². The van der Waals surface area contributed by atoms with Gasteiger partial charge < -0.3 is 15.3 Å². The molecule has 16 heavy (non-hydrogen) atoms. The predicted octanol–water partition coefficient (Wildman–Crippen LogP) is -0.404. The van der Waals surface area contributed by atoms with Crippen LogP contribution in [0.5, 0.6) is 0 Å². The van der Waals surface area contributed by atoms with Crippen molar-refractivity contribution in [3.63, 3.8) is 0 Å². The molecule has 1 atom stereocenters. The minimum absolute atomic E-state index is 0.298. The van der Waals surface area contributed by atoms with E-state index in [2.05, 4.69) is 15.1 Å². The number of hydrogen-bond donors (Lipinski definition) is 2. The molecule has 94 valence electrons. The van der Waals surface area contributed by atoms with E-state index in [0.29, 0.717) is 6.61 Å². The summed E-state index contributed by atoms with van der Waals surface area (Å²) in [5.74, 6) is 0.859. The van der Waals surface area contributed by atoms with E-state index in [-0.39, 0.29) is 0 Å². The summed E-state index contributed by atoms with van der Waals surface area (Å²) in [6.07, 6.45) is 2.74. The zero-order chi connectivity index (χ0) is 11.2. The van der Waals surface area contributed by atoms with Gasteiger partial charge in [0.15, 0.2) is 0 Å². The number of piperidine rings is 1. The van der Waals surface area contributed by atoms with Gasteiger partial charge in [-0.25, -0.2) is 0 Å². The lowest BCUT2D eigenvalue weighted by Gasteiger charge is -2.37. The molecule has 0 saturated carbocycles. The number of β-amino-alcohol motifs (C(OH)–C–C–N with tert-alkyl or cyclic N) is 1. The Morgan fingerprint density at radius 1 is 1.12 bits per heavy atom. The summed E-state index contributed by atoms with van der Waals surface area (Å²) < 4.78 is 0. The number of piperazine rings is 1. The van der Waals surface area contributed by atoms with Crippen molar-refractivity contribution in [3.8, 4) is 0 Å². The maximum absolute atomic E-state index is 8.88. The molecule has 0 aromatic carbocycles. The fourth-order valence-electron chi connectivity index (χ4n) is 2.78. The third-order valence-corrected chi connectivity index (χ3v) is 3.80. The van der Waals surface area contributed by atoms with Gasteiger partial charge in [-0.2, -0.15) is 0 Å². The Hall–Kier alpha value is -0.160. The van der Waals surface area contributed by atoms with Crippen molar-refractivity contribution in [2.45, 2.75) is 12.8 Å². The maximum Gasteiger partial charge on any atom is 0.0558 e. The van der Waals surface area contributed by atoms with Crippen LogP contribution in [0.3, 0.4) is 0 Å². The largest absolute Gasteiger partial charge is 0.395 e. The molecule has 0 amide bonds. The van der Waals surface area contributed by atoms with E-state index >= 15 is 0 Å². The number of aliphatic hydroxyl groups excluding tert-OH is 1. The van der Waals surface area contributed by atoms with Gasteiger partial charge in [-0.3, -0.25) is 4.90 Å². The molecule has 2 N–H and O–H groups in total. The molecule has 2 rings (SSSR count). The van der Waals surface area contributed by atoms with Crippen LogP contribution in [-0.2, 0) is 0 Å². The van der Waals surface area contributed by atoms with Gasteiger partial charge in [0.25, 0.3) is 0 Å². The SMILES string of the molecule is OCCN1CCN(CC2CCCNC2)CC1. The van der Waals surface area contributed by atoms with Gasteiger partial charge in [0.05, 0.1) is 6.61 Å². The lowest BCUT2D eigenvalue weighted by atomic mass is 9.99. The van der Waals surface area contributed by atoms with Crippen LogP contribution in [0.2, 0.25) is 0 Å². The van der Waals surface area contributed by atoms with Crippen LogP contribution in [-0.4, -0.2) is 73.9 Å². The minimum atomic E-state index is 0.298. The molecule has 2 fully saturated rings. The normalized spacial score (nSPS) is 29.4. The molecule has 0 bridgehead atoms. The van der Waals surface area contributed by atoms with Crippen molar-refractivity contribution in [3.05, 3.63) is 0 Å². The average molecular weight is 227 g/mol. The Bertz CT molecular complexity index is 187. The standard InChI is InChI=1S/C12H25N3O/c16-9-8-14-4-6-15(7-5-14)11-12-2-1-3-13-10-12/h12-13,16H,1-11H2. The van der Waals surface area contributed by atoms with Crippen molar-refractivity contribution in [2.75, 3.05) is 59.0 Å². The van der Waals surface area contributed by atoms with Crippen molar-refractivity contribution in [2.24, 2.45) is 5.92 Å². The third kappa shape index (κ3) is 3.70. The van der Waals surface area contributed by atoms with Crippen molar-refractivity contribution in [1.82, 2.24) is 15.1 Å². The smallest absolute Gasteiger partial charge is 0.0558 e. The van der Waals surface area contributed by atoms with Crippen LogP contribution >= 0.6 is 0 Å². The third-order valence-electron chi connectivity index (χ3n) is 3.80. The van der Waals surface area contributed by atoms with Crippen LogP contribution in [0, 0.1) is 5.92 Å². The number of nitrogens with one attached hydrogen (secondary N) is 1. The van der Waals surface area contributed by atoms with Crippen LogP contribution < -0.4 is 5.32 Å². The van der Waals surface area contributed by atoms with E-state index in [0.717, 1.165) is 25.6 Å². The molecule has 1 unspecified atom stereocenters. The molecule has 0 spiro atoms. The fourth-order valence-corrected chi connectivity index (χ4v) is 2.78. The summed E-state index contributed by atoms with van der Waals surface area (Å²) in [5, 5.41) is 12.4. The van der Waals surface area contributed by atoms with E-state index in [4.69, 9.17) is 5.11 Å². The number of nitrogens with zero attached hydrogens (tertiary/aromatic N) is 2. The number of hydrogen-bond acceptors (Lipinski definition) is 4. The molecular weight excluding hydrogens is 202 g/mol. The van der Waals surface area contributed by atoms with Gasteiger partial charge >= 0.3 is 0 Å². The van der Waals surface area contributed by atoms with Crippen LogP contribution in [0.1, 0.15) is 12.8 Å². The first-order chi connectivity index (χ1) is 7.88. The van der Waals surface area contributed by atoms with Gasteiger partial charge in [-0.05, 0) is 31.8 Å². The molecule has 2 saturated heterocycles. The van der Waals surface area contributed by atoms with E-state index in [1.807, 2.05) is 0 Å². The topological polar surface area (TPSA) is 38.7 Å². The van der Waals surface area contributed by atoms with E-state index in [9.17, 15) is 0 Å². The Morgan fingerprint density at radius 3 is 2.50 bits per heavy atom. The first-order valence-corrected chi connectivity index (χ1v) is 6.65. The molecular formula is C12H25N3O. The summed E-state index contributed by atoms with van der Waals surface area (Å²) in [4.78, 5) is 4.95. The highest BCUT2D eigenvalue weighted by Crippen LogP contribution is 2.13. The van der Waals surface area contributed by atoms with Gasteiger partial charge in [0.2, 0.25) is 0 Å². The quantitative estimate of drug-likeness (QED) is 0.685. The van der Waals surface area contributed by atoms with Crippen molar-refractivity contribution >= 4 is 0 Å². The summed E-state index contributed by atoms with van der Waals surface area (Å²) in [6, 6.07) is 0. The first kappa shape index (κ1) is 12.3. The second kappa shape index (κ2) is 6.55. The predicted molar refractivity (Wildman–Crippen MR) is 65.6 cm³/mol. The van der Waals surface area contributed by atoms with Gasteiger partial charge in [0.1, 0.15) is 0 Å². The molecule has 2 heterocycles. The van der Waals surface area contributed by atoms with Crippen LogP contribution in [0.4, 0.5) is 0 Å². The molecule has 0 aromatic rings. The zero-order valence-corrected chi connectivity index (χ0v) is 10.2. The Morgan fingerprint density at radius 2 is 1.88 bits per heavy atom. The highest BCUT2D eigenvalue weighted by molar-refractivity contribution is 4.77. The van der Waals surface area contributed by atoms with Crippen molar-refractivity contribution < 1.29 is 5.11 Å². The summed E-state index contributed by atoms with van der Waals surface area (Å²) in [6.45, 7) is 9.43. The second-order valence-corrected chi connectivity index (χ2v) is 5.08. The molecule has 2 aliphatic heterocycles. The summed E-state index contributed by atoms with van der Waals surface area (Å²) >= 11 is 0. The highest BCUT2D eigenvalue weighted by Gasteiger charge is 2.20. The molecule has 4 heteroatoms. The van der Waals surface area contributed by atoms with Crippen LogP contribution in [0.15, 0.2) is 0 Å². The zero-order valence-electron chi connectivity index (χ0n) is 10.2. The summed E-state index contributed by atoms with van der Waals surface area (Å²) in [5.41, 5.74) is 0. The molecule has 2 aliphatic rings. The molecule has 0 aliphatic carbocycles. The van der Waals surface area contributed by atoms with Crippen LogP contribution in [0.25, 0.3) is 0 Å². The second-order valence-electron chi connectivity index (χ2n) is 5.08. The molecule has 0 radical (unpaired) electrons. The maximum atomic E-state index is 8.88. The van der Waals surface area contributed by atoms with Gasteiger partial charge in [-0.15, -0.1) is 0 Å². The monoisotopic (exact) mass is 227 g/mol. The first-order valence-electron chi connectivity index (χ1n) is 6.65. The van der Waals surface area contributed by atoms with Gasteiger partial charge in [-0.1, -0.05) is 0 Å². The van der Waals surface area contributed by atoms with Gasteiger partial charge in [0, 0.05) is 39.3 Å². The van der Waals surface area contributed by atoms with Crippen molar-refractivity contribution in [1.29, 1.82) is 0 Å². The van der Waals surface area contributed by atoms with E-state index < -0.39 is 0 Å². The number of aliphatic hydroxyl groups is 1.